The lowest BCUT2D eigenvalue weighted by atomic mass is 10.1. The van der Waals surface area contributed by atoms with Crippen molar-refractivity contribution >= 4 is 0 Å². The summed E-state index contributed by atoms with van der Waals surface area (Å²) in [6, 6.07) is 0.751. The van der Waals surface area contributed by atoms with Gasteiger partial charge in [0, 0.05) is 25.0 Å². The monoisotopic (exact) mass is 195 g/mol. The van der Waals surface area contributed by atoms with Crippen LogP contribution in [-0.2, 0) is 4.74 Å². The molecule has 2 heterocycles. The summed E-state index contributed by atoms with van der Waals surface area (Å²) < 4.78 is 5.41. The molecule has 0 aliphatic carbocycles. The van der Waals surface area contributed by atoms with Gasteiger partial charge < -0.3 is 15.0 Å². The number of aromatic amines is 1. The Morgan fingerprint density at radius 3 is 3.29 bits per heavy atom. The van der Waals surface area contributed by atoms with Crippen LogP contribution in [0.5, 0.6) is 0 Å². The van der Waals surface area contributed by atoms with Crippen LogP contribution in [0.1, 0.15) is 31.6 Å². The molecule has 1 aliphatic rings. The molecule has 1 unspecified atom stereocenters. The summed E-state index contributed by atoms with van der Waals surface area (Å²) in [5.74, 6) is 0.996. The molecular formula is C10H17N3O. The van der Waals surface area contributed by atoms with E-state index in [2.05, 4.69) is 22.2 Å². The number of rotatable bonds is 3. The van der Waals surface area contributed by atoms with Crippen LogP contribution in [0.25, 0.3) is 0 Å². The van der Waals surface area contributed by atoms with Crippen molar-refractivity contribution in [2.45, 2.75) is 31.8 Å². The molecule has 78 valence electrons. The van der Waals surface area contributed by atoms with Gasteiger partial charge in [-0.3, -0.25) is 0 Å². The maximum atomic E-state index is 5.41. The van der Waals surface area contributed by atoms with Crippen molar-refractivity contribution in [1.29, 1.82) is 0 Å². The van der Waals surface area contributed by atoms with Crippen molar-refractivity contribution in [1.82, 2.24) is 15.3 Å². The average molecular weight is 195 g/mol. The zero-order valence-electron chi connectivity index (χ0n) is 8.49. The third kappa shape index (κ3) is 2.33. The quantitative estimate of drug-likeness (QED) is 0.763. The summed E-state index contributed by atoms with van der Waals surface area (Å²) in [6.45, 7) is 3.85. The molecule has 1 aromatic heterocycles. The second-order valence-corrected chi connectivity index (χ2v) is 3.78. The van der Waals surface area contributed by atoms with Crippen LogP contribution in [0.4, 0.5) is 0 Å². The third-order valence-electron chi connectivity index (χ3n) is 2.58. The van der Waals surface area contributed by atoms with E-state index in [1.807, 2.05) is 6.20 Å². The first kappa shape index (κ1) is 9.68. The van der Waals surface area contributed by atoms with Gasteiger partial charge in [-0.15, -0.1) is 0 Å². The van der Waals surface area contributed by atoms with E-state index in [4.69, 9.17) is 4.74 Å². The van der Waals surface area contributed by atoms with Crippen LogP contribution >= 0.6 is 0 Å². The molecule has 14 heavy (non-hydrogen) atoms. The topological polar surface area (TPSA) is 49.9 Å². The molecule has 0 bridgehead atoms. The van der Waals surface area contributed by atoms with E-state index < -0.39 is 0 Å². The van der Waals surface area contributed by atoms with Crippen molar-refractivity contribution in [3.8, 4) is 0 Å². The van der Waals surface area contributed by atoms with Crippen molar-refractivity contribution in [2.75, 3.05) is 13.2 Å². The number of nitrogens with one attached hydrogen (secondary N) is 2. The highest BCUT2D eigenvalue weighted by atomic mass is 16.5. The predicted octanol–water partition coefficient (Wildman–Crippen LogP) is 1.24. The van der Waals surface area contributed by atoms with Crippen molar-refractivity contribution in [3.63, 3.8) is 0 Å². The zero-order valence-corrected chi connectivity index (χ0v) is 8.49. The Morgan fingerprint density at radius 1 is 1.71 bits per heavy atom. The summed E-state index contributed by atoms with van der Waals surface area (Å²) in [5, 5.41) is 3.50. The zero-order chi connectivity index (χ0) is 9.80. The van der Waals surface area contributed by atoms with Crippen LogP contribution in [0, 0.1) is 0 Å². The van der Waals surface area contributed by atoms with E-state index in [0.717, 1.165) is 25.5 Å². The molecule has 1 aliphatic heterocycles. The second-order valence-electron chi connectivity index (χ2n) is 3.78. The van der Waals surface area contributed by atoms with Crippen LogP contribution in [-0.4, -0.2) is 29.2 Å². The lowest BCUT2D eigenvalue weighted by Gasteiger charge is -2.25. The van der Waals surface area contributed by atoms with E-state index in [0.29, 0.717) is 6.04 Å². The predicted molar refractivity (Wildman–Crippen MR) is 54.0 cm³/mol. The molecule has 0 saturated carbocycles. The number of H-pyrrole nitrogens is 1. The van der Waals surface area contributed by atoms with E-state index in [-0.39, 0.29) is 6.04 Å². The first-order valence-corrected chi connectivity index (χ1v) is 5.19. The number of imidazole rings is 1. The van der Waals surface area contributed by atoms with Gasteiger partial charge in [-0.05, 0) is 19.8 Å². The number of aromatic nitrogens is 2. The molecule has 0 radical (unpaired) electrons. The van der Waals surface area contributed by atoms with E-state index >= 15 is 0 Å². The lowest BCUT2D eigenvalue weighted by molar-refractivity contribution is 0.0667. The number of hydrogen-bond donors (Lipinski definition) is 2. The maximum Gasteiger partial charge on any atom is 0.122 e. The van der Waals surface area contributed by atoms with Crippen LogP contribution in [0.3, 0.4) is 0 Å². The van der Waals surface area contributed by atoms with Gasteiger partial charge in [-0.2, -0.15) is 0 Å². The minimum atomic E-state index is 0.275. The molecule has 4 nitrogen and oxygen atoms in total. The van der Waals surface area contributed by atoms with Gasteiger partial charge >= 0.3 is 0 Å². The highest BCUT2D eigenvalue weighted by Crippen LogP contribution is 2.12. The van der Waals surface area contributed by atoms with Gasteiger partial charge in [0.2, 0.25) is 0 Å². The Bertz CT molecular complexity index is 254. The van der Waals surface area contributed by atoms with Gasteiger partial charge in [0.25, 0.3) is 0 Å². The van der Waals surface area contributed by atoms with Gasteiger partial charge in [0.1, 0.15) is 5.82 Å². The van der Waals surface area contributed by atoms with Gasteiger partial charge in [-0.1, -0.05) is 0 Å². The molecule has 2 N–H and O–H groups in total. The molecular weight excluding hydrogens is 178 g/mol. The Kier molecular flexibility index (Phi) is 3.16. The van der Waals surface area contributed by atoms with E-state index in [1.54, 1.807) is 6.20 Å². The molecule has 1 aromatic rings. The number of hydrogen-bond acceptors (Lipinski definition) is 3. The Hall–Kier alpha value is -0.870. The summed E-state index contributed by atoms with van der Waals surface area (Å²) in [7, 11) is 0. The van der Waals surface area contributed by atoms with Crippen LogP contribution < -0.4 is 5.32 Å². The summed E-state index contributed by atoms with van der Waals surface area (Å²) in [5.41, 5.74) is 0. The molecule has 1 fully saturated rings. The Balaban J connectivity index is 1.84. The number of nitrogens with zero attached hydrogens (tertiary/aromatic N) is 1. The minimum absolute atomic E-state index is 0.275. The lowest BCUT2D eigenvalue weighted by Crippen LogP contribution is -2.38. The molecule has 0 spiro atoms. The first-order chi connectivity index (χ1) is 6.86. The standard InChI is InChI=1S/C10H17N3O/c1-8(10-11-4-5-12-10)13-9-3-2-6-14-7-9/h4-5,8-9,13H,2-3,6-7H2,1H3,(H,11,12)/t8?,9-/m0/s1. The van der Waals surface area contributed by atoms with Crippen molar-refractivity contribution in [3.05, 3.63) is 18.2 Å². The highest BCUT2D eigenvalue weighted by Gasteiger charge is 2.17. The molecule has 0 aromatic carbocycles. The number of ether oxygens (including phenoxy) is 1. The summed E-state index contributed by atoms with van der Waals surface area (Å²) in [6.07, 6.45) is 5.99. The largest absolute Gasteiger partial charge is 0.380 e. The maximum absolute atomic E-state index is 5.41. The summed E-state index contributed by atoms with van der Waals surface area (Å²) >= 11 is 0. The molecule has 1 saturated heterocycles. The van der Waals surface area contributed by atoms with Crippen LogP contribution in [0.2, 0.25) is 0 Å². The second kappa shape index (κ2) is 4.57. The highest BCUT2D eigenvalue weighted by molar-refractivity contribution is 4.94. The average Bonchev–Trinajstić information content (AvgIpc) is 2.72. The van der Waals surface area contributed by atoms with Crippen LogP contribution in [0.15, 0.2) is 12.4 Å². The Labute approximate surface area is 84.1 Å². The fourth-order valence-corrected chi connectivity index (χ4v) is 1.82. The van der Waals surface area contributed by atoms with Gasteiger partial charge in [0.05, 0.1) is 12.6 Å². The van der Waals surface area contributed by atoms with E-state index in [9.17, 15) is 0 Å². The third-order valence-corrected chi connectivity index (χ3v) is 2.58. The normalized spacial score (nSPS) is 24.8. The Morgan fingerprint density at radius 2 is 2.64 bits per heavy atom. The first-order valence-electron chi connectivity index (χ1n) is 5.19. The van der Waals surface area contributed by atoms with Crippen molar-refractivity contribution < 1.29 is 4.74 Å². The van der Waals surface area contributed by atoms with E-state index in [1.165, 1.54) is 6.42 Å². The molecule has 2 atom stereocenters. The smallest absolute Gasteiger partial charge is 0.122 e. The molecule has 2 rings (SSSR count). The minimum Gasteiger partial charge on any atom is -0.380 e. The fourth-order valence-electron chi connectivity index (χ4n) is 1.82. The molecule has 0 amide bonds. The SMILES string of the molecule is CC(N[C@H]1CCCOC1)c1ncc[nH]1. The molecule has 4 heteroatoms. The summed E-state index contributed by atoms with van der Waals surface area (Å²) in [4.78, 5) is 7.33. The van der Waals surface area contributed by atoms with Gasteiger partial charge in [0.15, 0.2) is 0 Å². The van der Waals surface area contributed by atoms with Crippen molar-refractivity contribution in [2.24, 2.45) is 0 Å². The van der Waals surface area contributed by atoms with Gasteiger partial charge in [-0.25, -0.2) is 4.98 Å². The fraction of sp³-hybridized carbons (Fsp3) is 0.700.